The quantitative estimate of drug-likeness (QED) is 0.693. The highest BCUT2D eigenvalue weighted by molar-refractivity contribution is 6.27. The maximum absolute atomic E-state index is 12.1. The molecule has 3 rings (SSSR count). The van der Waals surface area contributed by atoms with Crippen LogP contribution in [-0.2, 0) is 0 Å². The topological polar surface area (TPSA) is 52.2 Å². The van der Waals surface area contributed by atoms with E-state index in [4.69, 9.17) is 16.0 Å². The molecule has 0 spiro atoms. The molecule has 2 aromatic carbocycles. The number of aromatic nitrogens is 1. The van der Waals surface area contributed by atoms with Crippen LogP contribution in [0.4, 0.5) is 0 Å². The van der Waals surface area contributed by atoms with Gasteiger partial charge in [-0.3, -0.25) is 4.79 Å². The van der Waals surface area contributed by atoms with Crippen LogP contribution < -0.4 is 5.76 Å². The Morgan fingerprint density at radius 1 is 0.955 bits per heavy atom. The first kappa shape index (κ1) is 14.4. The van der Waals surface area contributed by atoms with Gasteiger partial charge in [-0.15, -0.1) is 11.6 Å². The van der Waals surface area contributed by atoms with E-state index in [1.54, 1.807) is 0 Å². The summed E-state index contributed by atoms with van der Waals surface area (Å²) >= 11 is 5.62. The first-order chi connectivity index (χ1) is 10.7. The van der Waals surface area contributed by atoms with Crippen molar-refractivity contribution in [1.82, 2.24) is 4.57 Å². The van der Waals surface area contributed by atoms with Gasteiger partial charge >= 0.3 is 5.76 Å². The molecule has 1 heterocycles. The van der Waals surface area contributed by atoms with Gasteiger partial charge in [-0.25, -0.2) is 9.36 Å². The number of oxazole rings is 1. The number of rotatable bonds is 3. The van der Waals surface area contributed by atoms with Crippen LogP contribution in [0.2, 0.25) is 0 Å². The van der Waals surface area contributed by atoms with Crippen LogP contribution in [0.3, 0.4) is 0 Å². The fraction of sp³-hybridized carbons (Fsp3) is 0.0588. The number of carbonyl (C=O) groups excluding carboxylic acids is 1. The van der Waals surface area contributed by atoms with Crippen LogP contribution in [0.5, 0.6) is 0 Å². The van der Waals surface area contributed by atoms with E-state index in [0.717, 1.165) is 10.1 Å². The second-order valence-corrected chi connectivity index (χ2v) is 4.91. The summed E-state index contributed by atoms with van der Waals surface area (Å²) in [5.41, 5.74) is 1.85. The van der Waals surface area contributed by atoms with Crippen LogP contribution in [-0.4, -0.2) is 16.4 Å². The number of halogens is 1. The number of nitrogens with zero attached hydrogens (tertiary/aromatic N) is 1. The molecule has 0 fully saturated rings. The molecule has 0 bridgehead atoms. The first-order valence-corrected chi connectivity index (χ1v) is 7.21. The Morgan fingerprint density at radius 2 is 1.50 bits per heavy atom. The van der Waals surface area contributed by atoms with Crippen LogP contribution in [0, 0.1) is 0 Å². The summed E-state index contributed by atoms with van der Waals surface area (Å²) in [5, 5.41) is 0. The molecule has 0 radical (unpaired) electrons. The summed E-state index contributed by atoms with van der Waals surface area (Å²) in [6, 6.07) is 18.3. The SMILES string of the molecule is O=C(CCl)n1c(-c2ccccc2)c(-c2ccccc2)oc1=O. The molecule has 0 amide bonds. The summed E-state index contributed by atoms with van der Waals surface area (Å²) in [6.07, 6.45) is 0. The van der Waals surface area contributed by atoms with Gasteiger partial charge in [0, 0.05) is 11.1 Å². The molecular formula is C17H12ClNO3. The largest absolute Gasteiger partial charge is 0.426 e. The number of alkyl halides is 1. The van der Waals surface area contributed by atoms with E-state index in [9.17, 15) is 9.59 Å². The zero-order chi connectivity index (χ0) is 15.5. The fourth-order valence-corrected chi connectivity index (χ4v) is 2.42. The van der Waals surface area contributed by atoms with Crippen molar-refractivity contribution >= 4 is 17.5 Å². The molecule has 4 nitrogen and oxygen atoms in total. The minimum atomic E-state index is -0.733. The average molecular weight is 314 g/mol. The van der Waals surface area contributed by atoms with E-state index in [2.05, 4.69) is 0 Å². The maximum atomic E-state index is 12.1. The Kier molecular flexibility index (Phi) is 3.94. The predicted molar refractivity (Wildman–Crippen MR) is 85.2 cm³/mol. The molecule has 0 unspecified atom stereocenters. The van der Waals surface area contributed by atoms with Crippen molar-refractivity contribution in [2.45, 2.75) is 0 Å². The lowest BCUT2D eigenvalue weighted by molar-refractivity contribution is 0.0934. The van der Waals surface area contributed by atoms with Crippen molar-refractivity contribution in [3.63, 3.8) is 0 Å². The van der Waals surface area contributed by atoms with Gasteiger partial charge < -0.3 is 4.42 Å². The molecule has 0 aliphatic heterocycles. The van der Waals surface area contributed by atoms with Crippen molar-refractivity contribution in [2.75, 3.05) is 5.88 Å². The third-order valence-corrected chi connectivity index (χ3v) is 3.49. The summed E-state index contributed by atoms with van der Waals surface area (Å²) in [7, 11) is 0. The van der Waals surface area contributed by atoms with Gasteiger partial charge in [-0.05, 0) is 0 Å². The van der Waals surface area contributed by atoms with E-state index in [1.807, 2.05) is 60.7 Å². The third kappa shape index (κ3) is 2.49. The van der Waals surface area contributed by atoms with Crippen LogP contribution in [0.1, 0.15) is 4.79 Å². The molecule has 22 heavy (non-hydrogen) atoms. The van der Waals surface area contributed by atoms with E-state index in [0.29, 0.717) is 17.0 Å². The zero-order valence-electron chi connectivity index (χ0n) is 11.5. The van der Waals surface area contributed by atoms with Gasteiger partial charge in [0.25, 0.3) is 5.91 Å². The minimum absolute atomic E-state index is 0.298. The molecule has 0 atom stereocenters. The van der Waals surface area contributed by atoms with Gasteiger partial charge in [0.2, 0.25) is 0 Å². The van der Waals surface area contributed by atoms with Crippen molar-refractivity contribution in [2.24, 2.45) is 0 Å². The van der Waals surface area contributed by atoms with Crippen LogP contribution >= 0.6 is 11.6 Å². The van der Waals surface area contributed by atoms with Gasteiger partial charge in [-0.1, -0.05) is 60.7 Å². The monoisotopic (exact) mass is 313 g/mol. The molecule has 1 aromatic heterocycles. The highest BCUT2D eigenvalue weighted by atomic mass is 35.5. The number of hydrogen-bond donors (Lipinski definition) is 0. The summed E-state index contributed by atoms with van der Waals surface area (Å²) in [6.45, 7) is 0. The second-order valence-electron chi connectivity index (χ2n) is 4.64. The molecular weight excluding hydrogens is 302 g/mol. The van der Waals surface area contributed by atoms with Crippen molar-refractivity contribution < 1.29 is 9.21 Å². The number of hydrogen-bond acceptors (Lipinski definition) is 3. The fourth-order valence-electron chi connectivity index (χ4n) is 2.30. The van der Waals surface area contributed by atoms with E-state index >= 15 is 0 Å². The molecule has 5 heteroatoms. The lowest BCUT2D eigenvalue weighted by Crippen LogP contribution is -2.24. The van der Waals surface area contributed by atoms with E-state index < -0.39 is 11.7 Å². The Labute approximate surface area is 131 Å². The van der Waals surface area contributed by atoms with Crippen molar-refractivity contribution in [1.29, 1.82) is 0 Å². The summed E-state index contributed by atoms with van der Waals surface area (Å²) < 4.78 is 6.33. The Balaban J connectivity index is 2.33. The molecule has 3 aromatic rings. The maximum Gasteiger partial charge on any atom is 0.426 e. The average Bonchev–Trinajstić information content (AvgIpc) is 2.93. The number of benzene rings is 2. The standard InChI is InChI=1S/C17H12ClNO3/c18-11-14(20)19-15(12-7-3-1-4-8-12)16(22-17(19)21)13-9-5-2-6-10-13/h1-10H,11H2. The van der Waals surface area contributed by atoms with E-state index in [1.165, 1.54) is 0 Å². The molecule has 0 saturated carbocycles. The molecule has 0 aliphatic rings. The van der Waals surface area contributed by atoms with Crippen LogP contribution in [0.15, 0.2) is 69.9 Å². The predicted octanol–water partition coefficient (Wildman–Crippen LogP) is 3.65. The van der Waals surface area contributed by atoms with Gasteiger partial charge in [0.1, 0.15) is 11.6 Å². The molecule has 110 valence electrons. The lowest BCUT2D eigenvalue weighted by Gasteiger charge is -2.06. The highest BCUT2D eigenvalue weighted by Gasteiger charge is 2.23. The van der Waals surface area contributed by atoms with Gasteiger partial charge in [-0.2, -0.15) is 0 Å². The Hall–Kier alpha value is -2.59. The van der Waals surface area contributed by atoms with Crippen molar-refractivity contribution in [3.8, 4) is 22.6 Å². The highest BCUT2D eigenvalue weighted by Crippen LogP contribution is 2.31. The van der Waals surface area contributed by atoms with E-state index in [-0.39, 0.29) is 5.88 Å². The number of carbonyl (C=O) groups is 1. The molecule has 0 aliphatic carbocycles. The van der Waals surface area contributed by atoms with Crippen molar-refractivity contribution in [3.05, 3.63) is 71.2 Å². The van der Waals surface area contributed by atoms with Gasteiger partial charge in [0.15, 0.2) is 5.76 Å². The lowest BCUT2D eigenvalue weighted by atomic mass is 10.1. The minimum Gasteiger partial charge on any atom is -0.407 e. The smallest absolute Gasteiger partial charge is 0.407 e. The zero-order valence-corrected chi connectivity index (χ0v) is 12.3. The summed E-state index contributed by atoms with van der Waals surface area (Å²) in [4.78, 5) is 24.2. The second kappa shape index (κ2) is 6.03. The third-order valence-electron chi connectivity index (χ3n) is 3.26. The Morgan fingerprint density at radius 3 is 2.05 bits per heavy atom. The summed E-state index contributed by atoms with van der Waals surface area (Å²) in [5.74, 6) is -1.19. The van der Waals surface area contributed by atoms with Crippen LogP contribution in [0.25, 0.3) is 22.6 Å². The Bertz CT molecular complexity index is 851. The molecule has 0 N–H and O–H groups in total. The normalized spacial score (nSPS) is 10.6. The van der Waals surface area contributed by atoms with Gasteiger partial charge in [0.05, 0.1) is 0 Å². The first-order valence-electron chi connectivity index (χ1n) is 6.68. The molecule has 0 saturated heterocycles.